The minimum Gasteiger partial charge on any atom is -0.151 e. The third kappa shape index (κ3) is 3.85. The SMILES string of the molecule is ClC1(Cl)CC1Cc1ccc(Br)cc1N=Nc1ccccc1. The molecule has 2 aromatic carbocycles. The van der Waals surface area contributed by atoms with Crippen molar-refractivity contribution in [2.24, 2.45) is 16.1 Å². The van der Waals surface area contributed by atoms with Gasteiger partial charge in [-0.3, -0.25) is 0 Å². The molecule has 1 saturated carbocycles. The number of rotatable bonds is 4. The van der Waals surface area contributed by atoms with Crippen LogP contribution in [0.5, 0.6) is 0 Å². The zero-order valence-electron chi connectivity index (χ0n) is 11.1. The number of hydrogen-bond donors (Lipinski definition) is 0. The summed E-state index contributed by atoms with van der Waals surface area (Å²) in [6.07, 6.45) is 1.66. The van der Waals surface area contributed by atoms with E-state index in [-0.39, 0.29) is 0 Å². The van der Waals surface area contributed by atoms with Crippen molar-refractivity contribution in [1.82, 2.24) is 0 Å². The van der Waals surface area contributed by atoms with Gasteiger partial charge in [0, 0.05) is 4.47 Å². The van der Waals surface area contributed by atoms with E-state index in [1.165, 1.54) is 0 Å². The first kappa shape index (κ1) is 15.0. The summed E-state index contributed by atoms with van der Waals surface area (Å²) in [4.78, 5) is 0. The van der Waals surface area contributed by atoms with Crippen molar-refractivity contribution in [2.45, 2.75) is 17.2 Å². The Labute approximate surface area is 142 Å². The number of alkyl halides is 2. The van der Waals surface area contributed by atoms with Gasteiger partial charge in [0.25, 0.3) is 0 Å². The van der Waals surface area contributed by atoms with E-state index in [1.54, 1.807) is 0 Å². The second-order valence-electron chi connectivity index (χ2n) is 5.17. The first-order valence-corrected chi connectivity index (χ1v) is 8.22. The molecule has 0 saturated heterocycles. The fourth-order valence-corrected chi connectivity index (χ4v) is 3.04. The molecular weight excluding hydrogens is 371 g/mol. The number of halogens is 3. The summed E-state index contributed by atoms with van der Waals surface area (Å²) in [5.41, 5.74) is 2.80. The molecular formula is C16H13BrCl2N2. The monoisotopic (exact) mass is 382 g/mol. The summed E-state index contributed by atoms with van der Waals surface area (Å²) in [5.74, 6) is 0.299. The van der Waals surface area contributed by atoms with Crippen molar-refractivity contribution < 1.29 is 0 Å². The van der Waals surface area contributed by atoms with Gasteiger partial charge in [-0.05, 0) is 48.6 Å². The third-order valence-electron chi connectivity index (χ3n) is 3.50. The van der Waals surface area contributed by atoms with Crippen LogP contribution in [-0.2, 0) is 6.42 Å². The molecule has 0 N–H and O–H groups in total. The summed E-state index contributed by atoms with van der Waals surface area (Å²) >= 11 is 15.7. The Balaban J connectivity index is 1.83. The maximum Gasteiger partial charge on any atom is 0.121 e. The van der Waals surface area contributed by atoms with E-state index in [9.17, 15) is 0 Å². The standard InChI is InChI=1S/C16H13BrCl2N2/c17-13-7-6-11(8-12-10-16(12,18)19)15(9-13)21-20-14-4-2-1-3-5-14/h1-7,9,12H,8,10H2. The highest BCUT2D eigenvalue weighted by molar-refractivity contribution is 9.10. The Morgan fingerprint density at radius 2 is 1.81 bits per heavy atom. The van der Waals surface area contributed by atoms with E-state index in [2.05, 4.69) is 26.2 Å². The molecule has 0 aromatic heterocycles. The topological polar surface area (TPSA) is 24.7 Å². The molecule has 21 heavy (non-hydrogen) atoms. The van der Waals surface area contributed by atoms with Gasteiger partial charge >= 0.3 is 0 Å². The molecule has 0 radical (unpaired) electrons. The van der Waals surface area contributed by atoms with Gasteiger partial charge in [0.2, 0.25) is 0 Å². The van der Waals surface area contributed by atoms with E-state index < -0.39 is 4.33 Å². The molecule has 1 fully saturated rings. The lowest BCUT2D eigenvalue weighted by Gasteiger charge is -2.06. The summed E-state index contributed by atoms with van der Waals surface area (Å²) in [6, 6.07) is 15.7. The summed E-state index contributed by atoms with van der Waals surface area (Å²) in [6.45, 7) is 0. The van der Waals surface area contributed by atoms with Gasteiger partial charge in [-0.1, -0.05) is 40.2 Å². The molecule has 1 atom stereocenters. The molecule has 3 rings (SSSR count). The smallest absolute Gasteiger partial charge is 0.121 e. The lowest BCUT2D eigenvalue weighted by Crippen LogP contribution is -1.95. The second kappa shape index (κ2) is 6.07. The molecule has 2 aromatic rings. The van der Waals surface area contributed by atoms with Crippen LogP contribution < -0.4 is 0 Å². The quantitative estimate of drug-likeness (QED) is 0.419. The largest absolute Gasteiger partial charge is 0.151 e. The van der Waals surface area contributed by atoms with Gasteiger partial charge in [-0.15, -0.1) is 23.2 Å². The molecule has 1 unspecified atom stereocenters. The maximum atomic E-state index is 6.12. The average Bonchev–Trinajstić information content (AvgIpc) is 3.07. The molecule has 108 valence electrons. The predicted molar refractivity (Wildman–Crippen MR) is 91.0 cm³/mol. The Morgan fingerprint density at radius 3 is 2.48 bits per heavy atom. The molecule has 0 heterocycles. The fraction of sp³-hybridized carbons (Fsp3) is 0.250. The van der Waals surface area contributed by atoms with Gasteiger partial charge in [0.15, 0.2) is 0 Å². The highest BCUT2D eigenvalue weighted by atomic mass is 79.9. The summed E-state index contributed by atoms with van der Waals surface area (Å²) < 4.78 is 0.410. The fourth-order valence-electron chi connectivity index (χ4n) is 2.17. The number of benzene rings is 2. The number of nitrogens with zero attached hydrogens (tertiary/aromatic N) is 2. The highest BCUT2D eigenvalue weighted by Gasteiger charge is 2.51. The minimum atomic E-state index is -0.569. The van der Waals surface area contributed by atoms with Crippen LogP contribution in [-0.4, -0.2) is 4.33 Å². The Morgan fingerprint density at radius 1 is 1.10 bits per heavy atom. The van der Waals surface area contributed by atoms with E-state index in [0.29, 0.717) is 5.92 Å². The predicted octanol–water partition coefficient (Wildman–Crippen LogP) is 6.60. The van der Waals surface area contributed by atoms with Crippen LogP contribution in [0.2, 0.25) is 0 Å². The van der Waals surface area contributed by atoms with Gasteiger partial charge in [-0.2, -0.15) is 10.2 Å². The van der Waals surface area contributed by atoms with Crippen molar-refractivity contribution in [3.05, 3.63) is 58.6 Å². The van der Waals surface area contributed by atoms with Crippen LogP contribution in [0.25, 0.3) is 0 Å². The molecule has 0 bridgehead atoms. The van der Waals surface area contributed by atoms with E-state index in [4.69, 9.17) is 23.2 Å². The molecule has 0 amide bonds. The average molecular weight is 384 g/mol. The lowest BCUT2D eigenvalue weighted by atomic mass is 10.1. The van der Waals surface area contributed by atoms with E-state index >= 15 is 0 Å². The van der Waals surface area contributed by atoms with Crippen LogP contribution >= 0.6 is 39.1 Å². The molecule has 5 heteroatoms. The second-order valence-corrected chi connectivity index (χ2v) is 7.63. The highest BCUT2D eigenvalue weighted by Crippen LogP contribution is 2.55. The zero-order valence-corrected chi connectivity index (χ0v) is 14.2. The van der Waals surface area contributed by atoms with Gasteiger partial charge < -0.3 is 0 Å². The van der Waals surface area contributed by atoms with Crippen LogP contribution in [0.15, 0.2) is 63.2 Å². The third-order valence-corrected chi connectivity index (χ3v) is 4.92. The molecule has 0 spiro atoms. The maximum absolute atomic E-state index is 6.12. The number of azo groups is 1. The van der Waals surface area contributed by atoms with Crippen LogP contribution in [0, 0.1) is 5.92 Å². The zero-order chi connectivity index (χ0) is 14.9. The van der Waals surface area contributed by atoms with Gasteiger partial charge in [0.05, 0.1) is 11.4 Å². The Bertz CT molecular complexity index is 671. The Hall–Kier alpha value is -0.900. The first-order valence-electron chi connectivity index (χ1n) is 6.68. The molecule has 1 aliphatic carbocycles. The minimum absolute atomic E-state index is 0.299. The first-order chi connectivity index (χ1) is 10.0. The van der Waals surface area contributed by atoms with E-state index in [0.717, 1.165) is 34.3 Å². The molecule has 0 aliphatic heterocycles. The van der Waals surface area contributed by atoms with Crippen molar-refractivity contribution in [1.29, 1.82) is 0 Å². The van der Waals surface area contributed by atoms with Crippen molar-refractivity contribution in [3.8, 4) is 0 Å². The Kier molecular flexibility index (Phi) is 4.34. The van der Waals surface area contributed by atoms with E-state index in [1.807, 2.05) is 48.5 Å². The van der Waals surface area contributed by atoms with Gasteiger partial charge in [0.1, 0.15) is 4.33 Å². The van der Waals surface area contributed by atoms with Crippen LogP contribution in [0.4, 0.5) is 11.4 Å². The van der Waals surface area contributed by atoms with Crippen LogP contribution in [0.1, 0.15) is 12.0 Å². The molecule has 2 nitrogen and oxygen atoms in total. The van der Waals surface area contributed by atoms with Crippen molar-refractivity contribution in [3.63, 3.8) is 0 Å². The normalized spacial score (nSPS) is 19.9. The van der Waals surface area contributed by atoms with Gasteiger partial charge in [-0.25, -0.2) is 0 Å². The van der Waals surface area contributed by atoms with Crippen LogP contribution in [0.3, 0.4) is 0 Å². The number of hydrogen-bond acceptors (Lipinski definition) is 2. The molecule has 1 aliphatic rings. The summed E-state index contributed by atoms with van der Waals surface area (Å²) in [5, 5.41) is 8.66. The summed E-state index contributed by atoms with van der Waals surface area (Å²) in [7, 11) is 0. The van der Waals surface area contributed by atoms with Crippen molar-refractivity contribution >= 4 is 50.5 Å². The lowest BCUT2D eigenvalue weighted by molar-refractivity contribution is 0.818. The van der Waals surface area contributed by atoms with Crippen molar-refractivity contribution in [2.75, 3.05) is 0 Å².